The predicted octanol–water partition coefficient (Wildman–Crippen LogP) is 4.00. The van der Waals surface area contributed by atoms with Crippen LogP contribution in [0.5, 0.6) is 0 Å². The van der Waals surface area contributed by atoms with E-state index in [0.29, 0.717) is 5.82 Å². The van der Waals surface area contributed by atoms with E-state index in [1.807, 2.05) is 65.2 Å². The van der Waals surface area contributed by atoms with E-state index in [-0.39, 0.29) is 0 Å². The van der Waals surface area contributed by atoms with Gasteiger partial charge in [0, 0.05) is 11.6 Å². The summed E-state index contributed by atoms with van der Waals surface area (Å²) in [4.78, 5) is 13.5. The van der Waals surface area contributed by atoms with Crippen LogP contribution in [-0.2, 0) is 0 Å². The van der Waals surface area contributed by atoms with Crippen molar-refractivity contribution in [2.75, 3.05) is 0 Å². The Labute approximate surface area is 143 Å². The minimum atomic E-state index is 0.645. The Bertz CT molecular complexity index is 1250. The van der Waals surface area contributed by atoms with Gasteiger partial charge >= 0.3 is 0 Å². The molecule has 5 nitrogen and oxygen atoms in total. The van der Waals surface area contributed by atoms with Crippen molar-refractivity contribution in [1.82, 2.24) is 24.6 Å². The van der Waals surface area contributed by atoms with Crippen molar-refractivity contribution in [3.8, 4) is 0 Å². The minimum Gasteiger partial charge on any atom is -0.255 e. The summed E-state index contributed by atoms with van der Waals surface area (Å²) >= 11 is 0. The molecule has 0 saturated carbocycles. The Kier molecular flexibility index (Phi) is 3.03. The first-order valence-electron chi connectivity index (χ1n) is 8.01. The van der Waals surface area contributed by atoms with Crippen molar-refractivity contribution in [3.63, 3.8) is 0 Å². The fraction of sp³-hybridized carbons (Fsp3) is 0. The van der Waals surface area contributed by atoms with Crippen molar-refractivity contribution >= 4 is 39.7 Å². The Morgan fingerprint density at radius 2 is 1.72 bits per heavy atom. The fourth-order valence-electron chi connectivity index (χ4n) is 2.90. The zero-order chi connectivity index (χ0) is 16.6. The number of pyridine rings is 3. The van der Waals surface area contributed by atoms with E-state index in [0.717, 1.165) is 33.3 Å². The van der Waals surface area contributed by atoms with Gasteiger partial charge in [0.15, 0.2) is 11.5 Å². The van der Waals surface area contributed by atoms with Crippen LogP contribution in [0.1, 0.15) is 11.5 Å². The Hall–Kier alpha value is -3.60. The molecule has 0 N–H and O–H groups in total. The average Bonchev–Trinajstić information content (AvgIpc) is 3.10. The first kappa shape index (κ1) is 13.8. The molecular weight excluding hydrogens is 310 g/mol. The summed E-state index contributed by atoms with van der Waals surface area (Å²) in [6.45, 7) is 0. The summed E-state index contributed by atoms with van der Waals surface area (Å²) in [6, 6.07) is 19.9. The number of para-hydroxylation sites is 1. The zero-order valence-electron chi connectivity index (χ0n) is 13.2. The lowest BCUT2D eigenvalue weighted by Gasteiger charge is -1.98. The first-order chi connectivity index (χ1) is 12.4. The van der Waals surface area contributed by atoms with Gasteiger partial charge in [-0.2, -0.15) is 0 Å². The van der Waals surface area contributed by atoms with Gasteiger partial charge in [0.1, 0.15) is 0 Å². The molecule has 5 heteroatoms. The molecule has 0 radical (unpaired) electrons. The highest BCUT2D eigenvalue weighted by Gasteiger charge is 2.05. The van der Waals surface area contributed by atoms with E-state index in [1.165, 1.54) is 0 Å². The lowest BCUT2D eigenvalue weighted by Crippen LogP contribution is -1.91. The van der Waals surface area contributed by atoms with Gasteiger partial charge in [-0.3, -0.25) is 4.98 Å². The van der Waals surface area contributed by atoms with Crippen LogP contribution in [0.25, 0.3) is 39.7 Å². The van der Waals surface area contributed by atoms with Crippen molar-refractivity contribution in [2.24, 2.45) is 0 Å². The monoisotopic (exact) mass is 323 g/mol. The molecule has 0 aliphatic heterocycles. The molecule has 0 saturated heterocycles. The van der Waals surface area contributed by atoms with E-state index in [1.54, 1.807) is 6.20 Å². The lowest BCUT2D eigenvalue weighted by atomic mass is 10.2. The summed E-state index contributed by atoms with van der Waals surface area (Å²) in [5, 5.41) is 5.70. The standard InChI is InChI=1S/C20H13N5/c1-2-5-16-14(4-1)7-8-15(22-16)9-11-19-23-20-12-10-17-18(25(20)24-19)6-3-13-21-17/h1-13H/b11-9+. The van der Waals surface area contributed by atoms with Gasteiger partial charge in [-0.25, -0.2) is 14.5 Å². The maximum absolute atomic E-state index is 4.63. The van der Waals surface area contributed by atoms with Gasteiger partial charge in [-0.05, 0) is 48.6 Å². The topological polar surface area (TPSA) is 56.0 Å². The highest BCUT2D eigenvalue weighted by atomic mass is 15.3. The number of fused-ring (bicyclic) bond motifs is 4. The molecule has 0 aliphatic carbocycles. The molecule has 0 bridgehead atoms. The predicted molar refractivity (Wildman–Crippen MR) is 99.0 cm³/mol. The number of nitrogens with zero attached hydrogens (tertiary/aromatic N) is 5. The van der Waals surface area contributed by atoms with Crippen molar-refractivity contribution in [3.05, 3.63) is 78.4 Å². The molecule has 4 aromatic heterocycles. The third-order valence-electron chi connectivity index (χ3n) is 4.11. The molecule has 4 heterocycles. The van der Waals surface area contributed by atoms with Crippen LogP contribution < -0.4 is 0 Å². The third kappa shape index (κ3) is 2.42. The smallest absolute Gasteiger partial charge is 0.175 e. The second-order valence-electron chi connectivity index (χ2n) is 5.74. The minimum absolute atomic E-state index is 0.645. The molecule has 25 heavy (non-hydrogen) atoms. The molecule has 0 atom stereocenters. The zero-order valence-corrected chi connectivity index (χ0v) is 13.2. The molecule has 0 aliphatic rings. The molecule has 0 fully saturated rings. The molecule has 0 spiro atoms. The molecule has 1 aromatic carbocycles. The number of hydrogen-bond donors (Lipinski definition) is 0. The van der Waals surface area contributed by atoms with Crippen LogP contribution >= 0.6 is 0 Å². The van der Waals surface area contributed by atoms with Gasteiger partial charge in [-0.15, -0.1) is 5.10 Å². The van der Waals surface area contributed by atoms with Crippen LogP contribution in [0, 0.1) is 0 Å². The molecule has 5 aromatic rings. The summed E-state index contributed by atoms with van der Waals surface area (Å²) in [5.74, 6) is 0.645. The second-order valence-corrected chi connectivity index (χ2v) is 5.74. The van der Waals surface area contributed by atoms with E-state index in [9.17, 15) is 0 Å². The number of aromatic nitrogens is 5. The van der Waals surface area contributed by atoms with Crippen molar-refractivity contribution in [1.29, 1.82) is 0 Å². The Morgan fingerprint density at radius 3 is 2.72 bits per heavy atom. The van der Waals surface area contributed by atoms with Crippen LogP contribution in [-0.4, -0.2) is 24.6 Å². The second kappa shape index (κ2) is 5.49. The van der Waals surface area contributed by atoms with E-state index in [2.05, 4.69) is 32.2 Å². The molecular formula is C20H13N5. The Balaban J connectivity index is 1.56. The van der Waals surface area contributed by atoms with E-state index in [4.69, 9.17) is 0 Å². The average molecular weight is 323 g/mol. The van der Waals surface area contributed by atoms with E-state index >= 15 is 0 Å². The maximum Gasteiger partial charge on any atom is 0.175 e. The van der Waals surface area contributed by atoms with E-state index < -0.39 is 0 Å². The lowest BCUT2D eigenvalue weighted by molar-refractivity contribution is 0.991. The van der Waals surface area contributed by atoms with Crippen LogP contribution in [0.4, 0.5) is 0 Å². The third-order valence-corrected chi connectivity index (χ3v) is 4.11. The van der Waals surface area contributed by atoms with Crippen LogP contribution in [0.2, 0.25) is 0 Å². The van der Waals surface area contributed by atoms with Crippen LogP contribution in [0.15, 0.2) is 66.9 Å². The normalized spacial score (nSPS) is 11.8. The number of rotatable bonds is 2. The SMILES string of the molecule is C(=C\c1nc2ccc3ncccc3n2n1)/c1ccc2ccccc2n1. The van der Waals surface area contributed by atoms with Gasteiger partial charge in [-0.1, -0.05) is 24.3 Å². The molecule has 5 rings (SSSR count). The molecule has 0 amide bonds. The molecule has 118 valence electrons. The summed E-state index contributed by atoms with van der Waals surface area (Å²) in [7, 11) is 0. The quantitative estimate of drug-likeness (QED) is 0.493. The highest BCUT2D eigenvalue weighted by Crippen LogP contribution is 2.15. The van der Waals surface area contributed by atoms with Gasteiger partial charge < -0.3 is 0 Å². The Morgan fingerprint density at radius 1 is 0.760 bits per heavy atom. The van der Waals surface area contributed by atoms with Gasteiger partial charge in [0.05, 0.1) is 22.2 Å². The van der Waals surface area contributed by atoms with Gasteiger partial charge in [0.25, 0.3) is 0 Å². The first-order valence-corrected chi connectivity index (χ1v) is 8.01. The van der Waals surface area contributed by atoms with Crippen molar-refractivity contribution < 1.29 is 0 Å². The fourth-order valence-corrected chi connectivity index (χ4v) is 2.90. The van der Waals surface area contributed by atoms with Crippen LogP contribution in [0.3, 0.4) is 0 Å². The van der Waals surface area contributed by atoms with Crippen molar-refractivity contribution in [2.45, 2.75) is 0 Å². The van der Waals surface area contributed by atoms with Gasteiger partial charge in [0.2, 0.25) is 0 Å². The summed E-state index contributed by atoms with van der Waals surface area (Å²) in [5.41, 5.74) is 4.49. The maximum atomic E-state index is 4.63. The summed E-state index contributed by atoms with van der Waals surface area (Å²) < 4.78 is 1.82. The largest absolute Gasteiger partial charge is 0.255 e. The molecule has 0 unspecified atom stereocenters. The number of hydrogen-bond acceptors (Lipinski definition) is 4. The number of benzene rings is 1. The highest BCUT2D eigenvalue weighted by molar-refractivity contribution is 5.81. The summed E-state index contributed by atoms with van der Waals surface area (Å²) in [6.07, 6.45) is 5.59.